The number of amides is 1. The van der Waals surface area contributed by atoms with E-state index < -0.39 is 11.8 Å². The van der Waals surface area contributed by atoms with Crippen LogP contribution >= 0.6 is 0 Å². The molecule has 0 aliphatic heterocycles. The van der Waals surface area contributed by atoms with Crippen molar-refractivity contribution in [2.24, 2.45) is 17.8 Å². The molecule has 1 amide bonds. The fourth-order valence-corrected chi connectivity index (χ4v) is 4.92. The highest BCUT2D eigenvalue weighted by Crippen LogP contribution is 2.41. The van der Waals surface area contributed by atoms with Crippen LogP contribution in [0.15, 0.2) is 36.4 Å². The maximum absolute atomic E-state index is 14.1. The number of ketones is 1. The van der Waals surface area contributed by atoms with Gasteiger partial charge >= 0.3 is 0 Å². The van der Waals surface area contributed by atoms with E-state index in [0.29, 0.717) is 60.9 Å². The standard InChI is InChI=1S/C28H34F2N2O3/c1-18-12-20(18)17-26(33)21-15-23(32-25(16-21)27(34)31-2)13-19-6-5-8-24(14-19)35-11-9-22-7-3-4-10-28(22,29)30/h5-6,8,14-16,18,20,22H,3-4,7,9-13,17H2,1-2H3,(H,31,34)/t18-,20+,22?/m0/s1. The molecule has 1 heterocycles. The molecular weight excluding hydrogens is 450 g/mol. The van der Waals surface area contributed by atoms with Crippen LogP contribution in [-0.2, 0) is 6.42 Å². The Morgan fingerprint density at radius 3 is 2.71 bits per heavy atom. The van der Waals surface area contributed by atoms with E-state index in [9.17, 15) is 18.4 Å². The first kappa shape index (κ1) is 25.3. The lowest BCUT2D eigenvalue weighted by Crippen LogP contribution is -2.32. The molecule has 1 unspecified atom stereocenters. The van der Waals surface area contributed by atoms with Crippen molar-refractivity contribution in [3.8, 4) is 5.75 Å². The SMILES string of the molecule is CNC(=O)c1cc(C(=O)C[C@H]2C[C@@H]2C)cc(Cc2cccc(OCCC3CCCCC3(F)F)c2)n1. The first-order chi connectivity index (χ1) is 16.7. The molecule has 1 N–H and O–H groups in total. The zero-order chi connectivity index (χ0) is 25.0. The van der Waals surface area contributed by atoms with Gasteiger partial charge < -0.3 is 10.1 Å². The molecule has 5 nitrogen and oxygen atoms in total. The second-order valence-electron chi connectivity index (χ2n) is 10.1. The van der Waals surface area contributed by atoms with Crippen molar-refractivity contribution >= 4 is 11.7 Å². The summed E-state index contributed by atoms with van der Waals surface area (Å²) in [5.74, 6) is -1.91. The van der Waals surface area contributed by atoms with Crippen LogP contribution in [0.5, 0.6) is 5.75 Å². The molecule has 2 aromatic rings. The van der Waals surface area contributed by atoms with E-state index in [-0.39, 0.29) is 30.4 Å². The fourth-order valence-electron chi connectivity index (χ4n) is 4.92. The van der Waals surface area contributed by atoms with Crippen molar-refractivity contribution in [2.75, 3.05) is 13.7 Å². The topological polar surface area (TPSA) is 68.3 Å². The Kier molecular flexibility index (Phi) is 7.82. The maximum Gasteiger partial charge on any atom is 0.269 e. The third kappa shape index (κ3) is 6.65. The number of halogens is 2. The van der Waals surface area contributed by atoms with E-state index in [1.54, 1.807) is 12.1 Å². The average Bonchev–Trinajstić information content (AvgIpc) is 3.53. The number of hydrogen-bond acceptors (Lipinski definition) is 4. The summed E-state index contributed by atoms with van der Waals surface area (Å²) in [7, 11) is 1.54. The van der Waals surface area contributed by atoms with Gasteiger partial charge in [0, 0.05) is 43.5 Å². The number of ether oxygens (including phenoxy) is 1. The van der Waals surface area contributed by atoms with Crippen LogP contribution in [0.3, 0.4) is 0 Å². The van der Waals surface area contributed by atoms with Crippen molar-refractivity contribution in [2.45, 2.75) is 64.2 Å². The minimum atomic E-state index is -2.60. The number of nitrogens with one attached hydrogen (secondary N) is 1. The van der Waals surface area contributed by atoms with Crippen LogP contribution < -0.4 is 10.1 Å². The Balaban J connectivity index is 1.43. The number of Topliss-reactive ketones (excluding diaryl/α,β-unsaturated/α-hetero) is 1. The molecule has 2 aliphatic rings. The number of aromatic nitrogens is 1. The van der Waals surface area contributed by atoms with Gasteiger partial charge in [0.25, 0.3) is 11.8 Å². The molecular formula is C28H34F2N2O3. The Hall–Kier alpha value is -2.83. The summed E-state index contributed by atoms with van der Waals surface area (Å²) in [6.07, 6.45) is 4.26. The molecule has 35 heavy (non-hydrogen) atoms. The lowest BCUT2D eigenvalue weighted by atomic mass is 9.84. The lowest BCUT2D eigenvalue weighted by molar-refractivity contribution is -0.0909. The van der Waals surface area contributed by atoms with E-state index in [2.05, 4.69) is 17.2 Å². The molecule has 4 rings (SSSR count). The van der Waals surface area contributed by atoms with Crippen molar-refractivity contribution in [3.05, 3.63) is 58.9 Å². The predicted molar refractivity (Wildman–Crippen MR) is 130 cm³/mol. The minimum Gasteiger partial charge on any atom is -0.494 e. The van der Waals surface area contributed by atoms with E-state index in [0.717, 1.165) is 18.4 Å². The maximum atomic E-state index is 14.1. The van der Waals surface area contributed by atoms with Gasteiger partial charge in [-0.2, -0.15) is 0 Å². The molecule has 3 atom stereocenters. The van der Waals surface area contributed by atoms with Crippen LogP contribution in [0.1, 0.15) is 84.0 Å². The highest BCUT2D eigenvalue weighted by Gasteiger charge is 2.40. The quantitative estimate of drug-likeness (QED) is 0.429. The van der Waals surface area contributed by atoms with Gasteiger partial charge in [0.2, 0.25) is 0 Å². The van der Waals surface area contributed by atoms with Crippen LogP contribution in [0.2, 0.25) is 0 Å². The molecule has 2 fully saturated rings. The number of nitrogens with zero attached hydrogens (tertiary/aromatic N) is 1. The molecule has 0 radical (unpaired) electrons. The average molecular weight is 485 g/mol. The van der Waals surface area contributed by atoms with Crippen molar-refractivity contribution in [1.29, 1.82) is 0 Å². The smallest absolute Gasteiger partial charge is 0.269 e. The second-order valence-corrected chi connectivity index (χ2v) is 10.1. The number of hydrogen-bond donors (Lipinski definition) is 1. The first-order valence-electron chi connectivity index (χ1n) is 12.6. The van der Waals surface area contributed by atoms with Crippen molar-refractivity contribution in [1.82, 2.24) is 10.3 Å². The molecule has 1 aromatic carbocycles. The van der Waals surface area contributed by atoms with Gasteiger partial charge in [0.15, 0.2) is 5.78 Å². The molecule has 188 valence electrons. The van der Waals surface area contributed by atoms with Gasteiger partial charge in [-0.15, -0.1) is 0 Å². The molecule has 0 spiro atoms. The molecule has 2 saturated carbocycles. The van der Waals surface area contributed by atoms with Crippen LogP contribution in [0.25, 0.3) is 0 Å². The molecule has 7 heteroatoms. The number of carbonyl (C=O) groups is 2. The summed E-state index contributed by atoms with van der Waals surface area (Å²) in [4.78, 5) is 29.6. The summed E-state index contributed by atoms with van der Waals surface area (Å²) >= 11 is 0. The van der Waals surface area contributed by atoms with Gasteiger partial charge in [0.1, 0.15) is 11.4 Å². The van der Waals surface area contributed by atoms with Gasteiger partial charge in [0.05, 0.1) is 6.61 Å². The molecule has 2 aliphatic carbocycles. The summed E-state index contributed by atoms with van der Waals surface area (Å²) < 4.78 is 34.0. The highest BCUT2D eigenvalue weighted by atomic mass is 19.3. The van der Waals surface area contributed by atoms with E-state index in [4.69, 9.17) is 4.74 Å². The van der Waals surface area contributed by atoms with Gasteiger partial charge in [-0.05, 0) is 67.3 Å². The van der Waals surface area contributed by atoms with Gasteiger partial charge in [-0.25, -0.2) is 13.8 Å². The summed E-state index contributed by atoms with van der Waals surface area (Å²) in [5.41, 5.74) is 2.25. The van der Waals surface area contributed by atoms with Crippen molar-refractivity contribution in [3.63, 3.8) is 0 Å². The molecule has 1 aromatic heterocycles. The zero-order valence-corrected chi connectivity index (χ0v) is 20.5. The third-order valence-corrected chi connectivity index (χ3v) is 7.31. The Morgan fingerprint density at radius 2 is 2.00 bits per heavy atom. The fraction of sp³-hybridized carbons (Fsp3) is 0.536. The number of pyridine rings is 1. The summed E-state index contributed by atoms with van der Waals surface area (Å²) in [6.45, 7) is 2.38. The first-order valence-corrected chi connectivity index (χ1v) is 12.6. The normalized spacial score (nSPS) is 22.9. The minimum absolute atomic E-state index is 0.0283. The third-order valence-electron chi connectivity index (χ3n) is 7.31. The number of carbonyl (C=O) groups excluding carboxylic acids is 2. The number of benzene rings is 1. The largest absolute Gasteiger partial charge is 0.494 e. The Labute approximate surface area is 205 Å². The Morgan fingerprint density at radius 1 is 1.20 bits per heavy atom. The molecule has 0 saturated heterocycles. The van der Waals surface area contributed by atoms with Crippen LogP contribution in [0.4, 0.5) is 8.78 Å². The zero-order valence-electron chi connectivity index (χ0n) is 20.5. The van der Waals surface area contributed by atoms with Crippen LogP contribution in [-0.4, -0.2) is 36.3 Å². The summed E-state index contributed by atoms with van der Waals surface area (Å²) in [5, 5.41) is 2.58. The number of rotatable bonds is 10. The van der Waals surface area contributed by atoms with Gasteiger partial charge in [-0.1, -0.05) is 25.5 Å². The lowest BCUT2D eigenvalue weighted by Gasteiger charge is -2.31. The highest BCUT2D eigenvalue weighted by molar-refractivity contribution is 6.00. The van der Waals surface area contributed by atoms with Crippen LogP contribution in [0, 0.1) is 17.8 Å². The van der Waals surface area contributed by atoms with E-state index >= 15 is 0 Å². The second kappa shape index (κ2) is 10.8. The van der Waals surface area contributed by atoms with E-state index in [1.807, 2.05) is 24.3 Å². The van der Waals surface area contributed by atoms with Crippen molar-refractivity contribution < 1.29 is 23.1 Å². The molecule has 0 bridgehead atoms. The predicted octanol–water partition coefficient (Wildman–Crippen LogP) is 5.86. The monoisotopic (exact) mass is 484 g/mol. The van der Waals surface area contributed by atoms with E-state index in [1.165, 1.54) is 7.05 Å². The van der Waals surface area contributed by atoms with Gasteiger partial charge in [-0.3, -0.25) is 9.59 Å². The Bertz CT molecular complexity index is 1070. The number of alkyl halides is 2. The summed E-state index contributed by atoms with van der Waals surface area (Å²) in [6, 6.07) is 10.8.